The minimum atomic E-state index is 0.351. The van der Waals surface area contributed by atoms with Crippen LogP contribution >= 0.6 is 0 Å². The fourth-order valence-corrected chi connectivity index (χ4v) is 1.25. The van der Waals surface area contributed by atoms with E-state index in [0.29, 0.717) is 5.92 Å². The smallest absolute Gasteiger partial charge is 0.0768 e. The van der Waals surface area contributed by atoms with Crippen LogP contribution in [0.1, 0.15) is 19.3 Å². The van der Waals surface area contributed by atoms with Crippen LogP contribution in [0.4, 0.5) is 0 Å². The van der Waals surface area contributed by atoms with Crippen molar-refractivity contribution in [1.29, 1.82) is 5.26 Å². The third-order valence-corrected chi connectivity index (χ3v) is 1.86. The fraction of sp³-hybridized carbons (Fsp3) is 0.857. The molecule has 0 aromatic heterocycles. The Morgan fingerprint density at radius 1 is 1.33 bits per heavy atom. The van der Waals surface area contributed by atoms with Crippen molar-refractivity contribution < 1.29 is 5.32 Å². The van der Waals surface area contributed by atoms with Gasteiger partial charge in [0.25, 0.3) is 0 Å². The van der Waals surface area contributed by atoms with E-state index in [4.69, 9.17) is 5.26 Å². The van der Waals surface area contributed by atoms with Gasteiger partial charge in [0.15, 0.2) is 0 Å². The van der Waals surface area contributed by atoms with Crippen molar-refractivity contribution in [2.24, 2.45) is 5.92 Å². The van der Waals surface area contributed by atoms with Crippen molar-refractivity contribution in [3.05, 3.63) is 0 Å². The molecule has 1 fully saturated rings. The normalized spacial score (nSPS) is 28.6. The Morgan fingerprint density at radius 2 is 2.22 bits per heavy atom. The fourth-order valence-electron chi connectivity index (χ4n) is 1.25. The summed E-state index contributed by atoms with van der Waals surface area (Å²) in [6.45, 7) is 2.37. The maximum absolute atomic E-state index is 8.55. The van der Waals surface area contributed by atoms with Gasteiger partial charge in [0.2, 0.25) is 0 Å². The van der Waals surface area contributed by atoms with Crippen molar-refractivity contribution in [2.45, 2.75) is 19.3 Å². The molecule has 0 aromatic rings. The van der Waals surface area contributed by atoms with Crippen molar-refractivity contribution in [3.8, 4) is 6.07 Å². The highest BCUT2D eigenvalue weighted by molar-refractivity contribution is 4.82. The Balaban J connectivity index is 2.29. The first-order valence-electron chi connectivity index (χ1n) is 3.65. The SMILES string of the molecule is N#CC1CCC[NH2+]CC1. The predicted octanol–water partition coefficient (Wildman–Crippen LogP) is -0.127. The number of nitrogens with two attached hydrogens (primary N) is 1. The second kappa shape index (κ2) is 3.47. The Morgan fingerprint density at radius 3 is 3.00 bits per heavy atom. The highest BCUT2D eigenvalue weighted by Gasteiger charge is 2.11. The summed E-state index contributed by atoms with van der Waals surface area (Å²) in [5, 5.41) is 10.9. The van der Waals surface area contributed by atoms with Gasteiger partial charge in [-0.15, -0.1) is 0 Å². The lowest BCUT2D eigenvalue weighted by molar-refractivity contribution is -0.653. The average molecular weight is 125 g/mol. The van der Waals surface area contributed by atoms with Crippen LogP contribution in [0.2, 0.25) is 0 Å². The van der Waals surface area contributed by atoms with E-state index in [1.54, 1.807) is 0 Å². The molecule has 0 bridgehead atoms. The second-order valence-electron chi connectivity index (χ2n) is 2.62. The van der Waals surface area contributed by atoms with E-state index in [1.807, 2.05) is 0 Å². The van der Waals surface area contributed by atoms with Crippen LogP contribution in [-0.2, 0) is 0 Å². The molecular formula is C7H13N2+. The summed E-state index contributed by atoms with van der Waals surface area (Å²) in [7, 11) is 0. The maximum atomic E-state index is 8.55. The summed E-state index contributed by atoms with van der Waals surface area (Å²) >= 11 is 0. The minimum absolute atomic E-state index is 0.351. The molecule has 1 atom stereocenters. The first-order valence-corrected chi connectivity index (χ1v) is 3.65. The van der Waals surface area contributed by atoms with Gasteiger partial charge < -0.3 is 5.32 Å². The first kappa shape index (κ1) is 6.57. The number of quaternary nitrogens is 1. The first-order chi connectivity index (χ1) is 4.43. The number of rotatable bonds is 0. The molecule has 0 amide bonds. The largest absolute Gasteiger partial charge is 0.346 e. The second-order valence-corrected chi connectivity index (χ2v) is 2.62. The molecule has 1 saturated heterocycles. The number of hydrogen-bond donors (Lipinski definition) is 1. The monoisotopic (exact) mass is 125 g/mol. The Labute approximate surface area is 55.9 Å². The third-order valence-electron chi connectivity index (χ3n) is 1.86. The summed E-state index contributed by atoms with van der Waals surface area (Å²) in [6.07, 6.45) is 3.43. The maximum Gasteiger partial charge on any atom is 0.0768 e. The van der Waals surface area contributed by atoms with Gasteiger partial charge in [-0.05, 0) is 12.8 Å². The summed E-state index contributed by atoms with van der Waals surface area (Å²) in [5.41, 5.74) is 0. The van der Waals surface area contributed by atoms with Crippen LogP contribution in [0.25, 0.3) is 0 Å². The van der Waals surface area contributed by atoms with E-state index < -0.39 is 0 Å². The lowest BCUT2D eigenvalue weighted by Gasteiger charge is -1.97. The van der Waals surface area contributed by atoms with Gasteiger partial charge in [-0.3, -0.25) is 0 Å². The molecule has 50 valence electrons. The van der Waals surface area contributed by atoms with Crippen LogP contribution in [0.3, 0.4) is 0 Å². The summed E-state index contributed by atoms with van der Waals surface area (Å²) < 4.78 is 0. The zero-order valence-corrected chi connectivity index (χ0v) is 5.64. The summed E-state index contributed by atoms with van der Waals surface area (Å²) in [6, 6.07) is 2.32. The van der Waals surface area contributed by atoms with Gasteiger partial charge in [-0.25, -0.2) is 0 Å². The Bertz CT molecular complexity index is 107. The van der Waals surface area contributed by atoms with Gasteiger partial charge in [0.1, 0.15) is 0 Å². The summed E-state index contributed by atoms with van der Waals surface area (Å²) in [4.78, 5) is 0. The molecule has 0 spiro atoms. The van der Waals surface area contributed by atoms with Crippen LogP contribution in [-0.4, -0.2) is 13.1 Å². The van der Waals surface area contributed by atoms with Crippen molar-refractivity contribution in [2.75, 3.05) is 13.1 Å². The van der Waals surface area contributed by atoms with Gasteiger partial charge in [0.05, 0.1) is 25.1 Å². The zero-order chi connectivity index (χ0) is 6.53. The summed E-state index contributed by atoms with van der Waals surface area (Å²) in [5.74, 6) is 0.351. The third kappa shape index (κ3) is 2.03. The van der Waals surface area contributed by atoms with E-state index in [1.165, 1.54) is 13.0 Å². The van der Waals surface area contributed by atoms with Gasteiger partial charge >= 0.3 is 0 Å². The molecule has 1 rings (SSSR count). The lowest BCUT2D eigenvalue weighted by atomic mass is 10.0. The Kier molecular flexibility index (Phi) is 2.53. The molecule has 1 unspecified atom stereocenters. The lowest BCUT2D eigenvalue weighted by Crippen LogP contribution is -2.83. The quantitative estimate of drug-likeness (QED) is 0.481. The van der Waals surface area contributed by atoms with Gasteiger partial charge in [-0.1, -0.05) is 0 Å². The highest BCUT2D eigenvalue weighted by atomic mass is 14.8. The molecule has 2 heteroatoms. The van der Waals surface area contributed by atoms with Crippen molar-refractivity contribution >= 4 is 0 Å². The van der Waals surface area contributed by atoms with E-state index in [2.05, 4.69) is 11.4 Å². The highest BCUT2D eigenvalue weighted by Crippen LogP contribution is 2.08. The number of nitriles is 1. The zero-order valence-electron chi connectivity index (χ0n) is 5.64. The minimum Gasteiger partial charge on any atom is -0.346 e. The van der Waals surface area contributed by atoms with Crippen LogP contribution in [0.15, 0.2) is 0 Å². The topological polar surface area (TPSA) is 40.4 Å². The molecule has 0 aromatic carbocycles. The van der Waals surface area contributed by atoms with E-state index in [9.17, 15) is 0 Å². The molecule has 9 heavy (non-hydrogen) atoms. The number of nitrogens with zero attached hydrogens (tertiary/aromatic N) is 1. The predicted molar refractivity (Wildman–Crippen MR) is 34.6 cm³/mol. The number of hydrogen-bond acceptors (Lipinski definition) is 1. The van der Waals surface area contributed by atoms with E-state index >= 15 is 0 Å². The molecule has 1 aliphatic heterocycles. The van der Waals surface area contributed by atoms with Crippen LogP contribution in [0.5, 0.6) is 0 Å². The molecule has 2 nitrogen and oxygen atoms in total. The van der Waals surface area contributed by atoms with E-state index in [0.717, 1.165) is 19.4 Å². The van der Waals surface area contributed by atoms with E-state index in [-0.39, 0.29) is 0 Å². The molecule has 0 radical (unpaired) electrons. The molecule has 0 saturated carbocycles. The molecule has 2 N–H and O–H groups in total. The molecule has 0 aliphatic carbocycles. The average Bonchev–Trinajstić information content (AvgIpc) is 2.13. The van der Waals surface area contributed by atoms with Crippen molar-refractivity contribution in [3.63, 3.8) is 0 Å². The van der Waals surface area contributed by atoms with Gasteiger partial charge in [-0.2, -0.15) is 5.26 Å². The Hall–Kier alpha value is -0.550. The molecular weight excluding hydrogens is 112 g/mol. The standard InChI is InChI=1S/C7H12N2/c8-6-7-2-1-4-9-5-3-7/h7,9H,1-5H2/p+1. The molecule has 1 heterocycles. The van der Waals surface area contributed by atoms with Crippen LogP contribution < -0.4 is 5.32 Å². The van der Waals surface area contributed by atoms with Crippen LogP contribution in [0, 0.1) is 17.2 Å². The van der Waals surface area contributed by atoms with Crippen molar-refractivity contribution in [1.82, 2.24) is 0 Å². The molecule has 1 aliphatic rings. The van der Waals surface area contributed by atoms with Gasteiger partial charge in [0, 0.05) is 6.42 Å².